The van der Waals surface area contributed by atoms with Crippen LogP contribution in [-0.4, -0.2) is 30.6 Å². The number of carbonyl (C=O) groups excluding carboxylic acids is 3. The van der Waals surface area contributed by atoms with Crippen LogP contribution in [0.3, 0.4) is 0 Å². The van der Waals surface area contributed by atoms with E-state index < -0.39 is 30.3 Å². The number of carbonyl (C=O) groups is 3. The standard InChI is InChI=1S/C15H16ClFN2O4/c1-9(2)18-15(22)19-13(20)8-23-14(21)7-6-10-11(16)4-3-5-12(10)17/h3-7,9H,8H2,1-2H3,(H2,18,19,20,22). The number of rotatable bonds is 5. The van der Waals surface area contributed by atoms with Gasteiger partial charge in [0, 0.05) is 17.7 Å². The molecule has 0 aliphatic rings. The highest BCUT2D eigenvalue weighted by Crippen LogP contribution is 2.20. The third-order valence-corrected chi connectivity index (χ3v) is 2.73. The van der Waals surface area contributed by atoms with Crippen LogP contribution < -0.4 is 10.6 Å². The lowest BCUT2D eigenvalue weighted by atomic mass is 10.2. The van der Waals surface area contributed by atoms with Gasteiger partial charge in [-0.3, -0.25) is 10.1 Å². The number of hydrogen-bond donors (Lipinski definition) is 2. The number of urea groups is 1. The number of hydrogen-bond acceptors (Lipinski definition) is 4. The largest absolute Gasteiger partial charge is 0.452 e. The first-order chi connectivity index (χ1) is 10.8. The third-order valence-electron chi connectivity index (χ3n) is 2.40. The summed E-state index contributed by atoms with van der Waals surface area (Å²) in [5.41, 5.74) is 0.0341. The topological polar surface area (TPSA) is 84.5 Å². The van der Waals surface area contributed by atoms with Crippen molar-refractivity contribution in [2.24, 2.45) is 0 Å². The van der Waals surface area contributed by atoms with E-state index >= 15 is 0 Å². The Bertz CT molecular complexity index is 612. The van der Waals surface area contributed by atoms with Crippen LogP contribution in [0.1, 0.15) is 19.4 Å². The summed E-state index contributed by atoms with van der Waals surface area (Å²) in [4.78, 5) is 34.1. The molecule has 0 aromatic heterocycles. The van der Waals surface area contributed by atoms with E-state index in [1.807, 2.05) is 5.32 Å². The molecule has 8 heteroatoms. The first kappa shape index (κ1) is 18.6. The highest BCUT2D eigenvalue weighted by molar-refractivity contribution is 6.32. The summed E-state index contributed by atoms with van der Waals surface area (Å²) in [6.07, 6.45) is 2.08. The van der Waals surface area contributed by atoms with Crippen molar-refractivity contribution < 1.29 is 23.5 Å². The molecule has 0 saturated carbocycles. The lowest BCUT2D eigenvalue weighted by molar-refractivity contribution is -0.143. The van der Waals surface area contributed by atoms with E-state index in [1.165, 1.54) is 18.2 Å². The molecular weight excluding hydrogens is 327 g/mol. The number of amides is 3. The molecule has 0 atom stereocenters. The van der Waals surface area contributed by atoms with Crippen molar-refractivity contribution in [3.05, 3.63) is 40.7 Å². The number of nitrogens with one attached hydrogen (secondary N) is 2. The van der Waals surface area contributed by atoms with E-state index in [0.29, 0.717) is 0 Å². The van der Waals surface area contributed by atoms with Crippen molar-refractivity contribution >= 4 is 35.6 Å². The summed E-state index contributed by atoms with van der Waals surface area (Å²) in [6, 6.07) is 3.27. The van der Waals surface area contributed by atoms with Gasteiger partial charge in [-0.25, -0.2) is 14.0 Å². The van der Waals surface area contributed by atoms with Gasteiger partial charge in [-0.05, 0) is 32.1 Å². The Morgan fingerprint density at radius 3 is 2.65 bits per heavy atom. The minimum Gasteiger partial charge on any atom is -0.452 e. The summed E-state index contributed by atoms with van der Waals surface area (Å²) >= 11 is 5.79. The molecule has 0 spiro atoms. The summed E-state index contributed by atoms with van der Waals surface area (Å²) in [5, 5.41) is 4.56. The van der Waals surface area contributed by atoms with Crippen LogP contribution in [0, 0.1) is 5.82 Å². The number of imide groups is 1. The number of esters is 1. The van der Waals surface area contributed by atoms with Gasteiger partial charge in [-0.15, -0.1) is 0 Å². The zero-order valence-electron chi connectivity index (χ0n) is 12.6. The van der Waals surface area contributed by atoms with Gasteiger partial charge in [0.2, 0.25) is 0 Å². The normalized spacial score (nSPS) is 10.7. The van der Waals surface area contributed by atoms with Crippen LogP contribution in [0.15, 0.2) is 24.3 Å². The Hall–Kier alpha value is -2.41. The Balaban J connectivity index is 2.47. The van der Waals surface area contributed by atoms with Crippen molar-refractivity contribution in [3.8, 4) is 0 Å². The minimum atomic E-state index is -0.872. The maximum absolute atomic E-state index is 13.5. The van der Waals surface area contributed by atoms with Crippen LogP contribution in [0.2, 0.25) is 5.02 Å². The van der Waals surface area contributed by atoms with Crippen LogP contribution in [0.5, 0.6) is 0 Å². The molecule has 0 fully saturated rings. The van der Waals surface area contributed by atoms with Crippen LogP contribution >= 0.6 is 11.6 Å². The van der Waals surface area contributed by atoms with Gasteiger partial charge < -0.3 is 10.1 Å². The molecule has 23 heavy (non-hydrogen) atoms. The maximum atomic E-state index is 13.5. The smallest absolute Gasteiger partial charge is 0.331 e. The van der Waals surface area contributed by atoms with E-state index in [9.17, 15) is 18.8 Å². The molecule has 1 aromatic rings. The van der Waals surface area contributed by atoms with Crippen molar-refractivity contribution in [1.82, 2.24) is 10.6 Å². The molecule has 0 aliphatic heterocycles. The molecule has 2 N–H and O–H groups in total. The molecule has 3 amide bonds. The number of ether oxygens (including phenoxy) is 1. The Kier molecular flexibility index (Phi) is 7.21. The highest BCUT2D eigenvalue weighted by Gasteiger charge is 2.10. The molecule has 1 rings (SSSR count). The second-order valence-electron chi connectivity index (χ2n) is 4.75. The third kappa shape index (κ3) is 6.92. The van der Waals surface area contributed by atoms with Gasteiger partial charge in [0.05, 0.1) is 5.02 Å². The maximum Gasteiger partial charge on any atom is 0.331 e. The van der Waals surface area contributed by atoms with Gasteiger partial charge in [0.25, 0.3) is 5.91 Å². The molecular formula is C15H16ClFN2O4. The van der Waals surface area contributed by atoms with Gasteiger partial charge in [0.1, 0.15) is 5.82 Å². The van der Waals surface area contributed by atoms with Crippen molar-refractivity contribution in [2.45, 2.75) is 19.9 Å². The molecule has 0 saturated heterocycles. The minimum absolute atomic E-state index is 0.0341. The average Bonchev–Trinajstić information content (AvgIpc) is 2.43. The molecule has 1 aromatic carbocycles. The second-order valence-corrected chi connectivity index (χ2v) is 5.16. The first-order valence-corrected chi connectivity index (χ1v) is 7.06. The van der Waals surface area contributed by atoms with E-state index in [0.717, 1.165) is 12.2 Å². The molecule has 0 radical (unpaired) electrons. The van der Waals surface area contributed by atoms with Crippen molar-refractivity contribution in [1.29, 1.82) is 0 Å². The molecule has 6 nitrogen and oxygen atoms in total. The van der Waals surface area contributed by atoms with Crippen molar-refractivity contribution in [2.75, 3.05) is 6.61 Å². The summed E-state index contributed by atoms with van der Waals surface area (Å²) in [6.45, 7) is 2.81. The fraction of sp³-hybridized carbons (Fsp3) is 0.267. The summed E-state index contributed by atoms with van der Waals surface area (Å²) in [5.74, 6) is -2.25. The van der Waals surface area contributed by atoms with Gasteiger partial charge in [-0.2, -0.15) is 0 Å². The van der Waals surface area contributed by atoms with Gasteiger partial charge >= 0.3 is 12.0 Å². The quantitative estimate of drug-likeness (QED) is 0.635. The number of benzene rings is 1. The average molecular weight is 343 g/mol. The molecule has 0 heterocycles. The SMILES string of the molecule is CC(C)NC(=O)NC(=O)COC(=O)C=Cc1c(F)cccc1Cl. The zero-order valence-corrected chi connectivity index (χ0v) is 13.3. The Morgan fingerprint density at radius 2 is 2.04 bits per heavy atom. The Morgan fingerprint density at radius 1 is 1.35 bits per heavy atom. The second kappa shape index (κ2) is 8.89. The lowest BCUT2D eigenvalue weighted by Gasteiger charge is -2.08. The fourth-order valence-electron chi connectivity index (χ4n) is 1.47. The lowest BCUT2D eigenvalue weighted by Crippen LogP contribution is -2.43. The molecule has 124 valence electrons. The molecule has 0 unspecified atom stereocenters. The van der Waals surface area contributed by atoms with E-state index in [2.05, 4.69) is 10.1 Å². The first-order valence-electron chi connectivity index (χ1n) is 6.68. The monoisotopic (exact) mass is 342 g/mol. The van der Waals surface area contributed by atoms with E-state index in [1.54, 1.807) is 13.8 Å². The number of halogens is 2. The predicted octanol–water partition coefficient (Wildman–Crippen LogP) is 2.27. The van der Waals surface area contributed by atoms with Gasteiger partial charge in [0.15, 0.2) is 6.61 Å². The predicted molar refractivity (Wildman–Crippen MR) is 83.2 cm³/mol. The van der Waals surface area contributed by atoms with E-state index in [4.69, 9.17) is 11.6 Å². The highest BCUT2D eigenvalue weighted by atomic mass is 35.5. The van der Waals surface area contributed by atoms with Crippen LogP contribution in [-0.2, 0) is 14.3 Å². The molecule has 0 aliphatic carbocycles. The van der Waals surface area contributed by atoms with E-state index in [-0.39, 0.29) is 16.6 Å². The zero-order chi connectivity index (χ0) is 17.4. The van der Waals surface area contributed by atoms with Crippen LogP contribution in [0.25, 0.3) is 6.08 Å². The summed E-state index contributed by atoms with van der Waals surface area (Å²) < 4.78 is 18.1. The van der Waals surface area contributed by atoms with Gasteiger partial charge in [-0.1, -0.05) is 17.7 Å². The molecule has 0 bridgehead atoms. The van der Waals surface area contributed by atoms with Crippen molar-refractivity contribution in [3.63, 3.8) is 0 Å². The fourth-order valence-corrected chi connectivity index (χ4v) is 1.69. The summed E-state index contributed by atoms with van der Waals surface area (Å²) in [7, 11) is 0. The van der Waals surface area contributed by atoms with Crippen LogP contribution in [0.4, 0.5) is 9.18 Å². The Labute approximate surface area is 137 Å².